The topological polar surface area (TPSA) is 42.6 Å². The van der Waals surface area contributed by atoms with Gasteiger partial charge in [0.15, 0.2) is 11.4 Å². The molecule has 3 nitrogen and oxygen atoms in total. The lowest BCUT2D eigenvalue weighted by molar-refractivity contribution is 0.0895. The van der Waals surface area contributed by atoms with E-state index in [1.807, 2.05) is 6.92 Å². The Hall–Kier alpha value is -1.39. The smallest absolute Gasteiger partial charge is 0.170 e. The number of para-hydroxylation sites is 1. The summed E-state index contributed by atoms with van der Waals surface area (Å²) < 4.78 is 23.8. The average molecular weight is 252 g/mol. The number of halogens is 1. The van der Waals surface area contributed by atoms with Crippen LogP contribution < -0.4 is 0 Å². The van der Waals surface area contributed by atoms with Gasteiger partial charge in [0.1, 0.15) is 11.9 Å². The molecular formula is C14H17FO3. The van der Waals surface area contributed by atoms with Crippen LogP contribution in [0.3, 0.4) is 0 Å². The largest absolute Gasteiger partial charge is 0.455 e. The number of fused-ring (bicyclic) bond motifs is 1. The summed E-state index contributed by atoms with van der Waals surface area (Å²) in [6, 6.07) is 6.41. The molecule has 0 aliphatic rings. The molecule has 0 radical (unpaired) electrons. The third-order valence-electron chi connectivity index (χ3n) is 2.92. The van der Waals surface area contributed by atoms with E-state index in [0.29, 0.717) is 24.2 Å². The van der Waals surface area contributed by atoms with E-state index < -0.39 is 11.9 Å². The normalized spacial score (nSPS) is 14.9. The minimum absolute atomic E-state index is 0.200. The van der Waals surface area contributed by atoms with Gasteiger partial charge in [0.2, 0.25) is 0 Å². The van der Waals surface area contributed by atoms with Crippen LogP contribution in [0.2, 0.25) is 0 Å². The van der Waals surface area contributed by atoms with Crippen LogP contribution in [0, 0.1) is 11.7 Å². The van der Waals surface area contributed by atoms with Crippen molar-refractivity contribution in [2.45, 2.75) is 19.4 Å². The first-order valence-corrected chi connectivity index (χ1v) is 5.96. The number of aliphatic hydroxyl groups is 1. The molecule has 1 N–H and O–H groups in total. The fourth-order valence-electron chi connectivity index (χ4n) is 2.06. The SMILES string of the molecule is COCC(C)CC(O)c1cc2cccc(F)c2o1. The van der Waals surface area contributed by atoms with Gasteiger partial charge in [-0.1, -0.05) is 19.1 Å². The van der Waals surface area contributed by atoms with Gasteiger partial charge in [0.05, 0.1) is 0 Å². The number of rotatable bonds is 5. The molecule has 0 aliphatic carbocycles. The Bertz CT molecular complexity index is 521. The number of benzene rings is 1. The van der Waals surface area contributed by atoms with Crippen LogP contribution in [-0.4, -0.2) is 18.8 Å². The fraction of sp³-hybridized carbons (Fsp3) is 0.429. The molecule has 0 saturated carbocycles. The molecule has 0 spiro atoms. The maximum absolute atomic E-state index is 13.5. The van der Waals surface area contributed by atoms with E-state index in [4.69, 9.17) is 9.15 Å². The fourth-order valence-corrected chi connectivity index (χ4v) is 2.06. The van der Waals surface area contributed by atoms with Crippen molar-refractivity contribution in [3.8, 4) is 0 Å². The highest BCUT2D eigenvalue weighted by Gasteiger charge is 2.17. The number of hydrogen-bond donors (Lipinski definition) is 1. The van der Waals surface area contributed by atoms with Gasteiger partial charge in [0, 0.05) is 19.1 Å². The number of furan rings is 1. The molecule has 2 atom stereocenters. The molecule has 4 heteroatoms. The van der Waals surface area contributed by atoms with Crippen LogP contribution in [0.15, 0.2) is 28.7 Å². The lowest BCUT2D eigenvalue weighted by Gasteiger charge is -2.13. The van der Waals surface area contributed by atoms with Crippen molar-refractivity contribution in [1.29, 1.82) is 0 Å². The van der Waals surface area contributed by atoms with Crippen LogP contribution >= 0.6 is 0 Å². The summed E-state index contributed by atoms with van der Waals surface area (Å²) in [5, 5.41) is 10.7. The highest BCUT2D eigenvalue weighted by Crippen LogP contribution is 2.29. The lowest BCUT2D eigenvalue weighted by Crippen LogP contribution is -2.08. The summed E-state index contributed by atoms with van der Waals surface area (Å²) >= 11 is 0. The quantitative estimate of drug-likeness (QED) is 0.888. The number of hydrogen-bond acceptors (Lipinski definition) is 3. The molecule has 1 aromatic carbocycles. The first-order chi connectivity index (χ1) is 8.61. The number of methoxy groups -OCH3 is 1. The van der Waals surface area contributed by atoms with Gasteiger partial charge in [0.25, 0.3) is 0 Å². The maximum atomic E-state index is 13.5. The Morgan fingerprint density at radius 2 is 2.22 bits per heavy atom. The number of aliphatic hydroxyl groups excluding tert-OH is 1. The Kier molecular flexibility index (Phi) is 3.99. The number of ether oxygens (including phenoxy) is 1. The first kappa shape index (κ1) is 13.1. The zero-order valence-electron chi connectivity index (χ0n) is 10.5. The van der Waals surface area contributed by atoms with Crippen LogP contribution in [0.25, 0.3) is 11.0 Å². The molecule has 0 bridgehead atoms. The monoisotopic (exact) mass is 252 g/mol. The minimum Gasteiger partial charge on any atom is -0.455 e. The molecule has 2 aromatic rings. The third-order valence-corrected chi connectivity index (χ3v) is 2.92. The minimum atomic E-state index is -0.734. The van der Waals surface area contributed by atoms with Gasteiger partial charge in [-0.05, 0) is 24.5 Å². The van der Waals surface area contributed by atoms with Crippen molar-refractivity contribution in [3.63, 3.8) is 0 Å². The van der Waals surface area contributed by atoms with E-state index in [0.717, 1.165) is 0 Å². The maximum Gasteiger partial charge on any atom is 0.170 e. The lowest BCUT2D eigenvalue weighted by atomic mass is 10.0. The summed E-state index contributed by atoms with van der Waals surface area (Å²) in [5.74, 6) is 0.206. The van der Waals surface area contributed by atoms with Gasteiger partial charge in [-0.3, -0.25) is 0 Å². The van der Waals surface area contributed by atoms with E-state index in [9.17, 15) is 9.50 Å². The van der Waals surface area contributed by atoms with E-state index in [2.05, 4.69) is 0 Å². The van der Waals surface area contributed by atoms with Crippen molar-refractivity contribution in [3.05, 3.63) is 35.8 Å². The second-order valence-corrected chi connectivity index (χ2v) is 4.62. The molecule has 0 amide bonds. The molecule has 0 fully saturated rings. The van der Waals surface area contributed by atoms with Crippen molar-refractivity contribution in [2.75, 3.05) is 13.7 Å². The van der Waals surface area contributed by atoms with Crippen molar-refractivity contribution < 1.29 is 18.7 Å². The van der Waals surface area contributed by atoms with Crippen molar-refractivity contribution >= 4 is 11.0 Å². The Morgan fingerprint density at radius 3 is 2.89 bits per heavy atom. The molecule has 0 saturated heterocycles. The highest BCUT2D eigenvalue weighted by molar-refractivity contribution is 5.78. The molecule has 0 aliphatic heterocycles. The van der Waals surface area contributed by atoms with Crippen molar-refractivity contribution in [2.24, 2.45) is 5.92 Å². The Balaban J connectivity index is 2.18. The van der Waals surface area contributed by atoms with E-state index in [-0.39, 0.29) is 11.5 Å². The molecule has 18 heavy (non-hydrogen) atoms. The summed E-state index contributed by atoms with van der Waals surface area (Å²) in [6.07, 6.45) is -0.211. The van der Waals surface area contributed by atoms with Crippen LogP contribution in [-0.2, 0) is 4.74 Å². The van der Waals surface area contributed by atoms with Gasteiger partial charge in [-0.15, -0.1) is 0 Å². The van der Waals surface area contributed by atoms with Crippen LogP contribution in [0.1, 0.15) is 25.2 Å². The van der Waals surface area contributed by atoms with Crippen molar-refractivity contribution in [1.82, 2.24) is 0 Å². The average Bonchev–Trinajstić information content (AvgIpc) is 2.74. The predicted molar refractivity (Wildman–Crippen MR) is 66.8 cm³/mol. The van der Waals surface area contributed by atoms with E-state index >= 15 is 0 Å². The van der Waals surface area contributed by atoms with E-state index in [1.165, 1.54) is 6.07 Å². The van der Waals surface area contributed by atoms with Gasteiger partial charge >= 0.3 is 0 Å². The third kappa shape index (κ3) is 2.71. The Labute approximate surface area is 105 Å². The van der Waals surface area contributed by atoms with Gasteiger partial charge in [-0.25, -0.2) is 4.39 Å². The highest BCUT2D eigenvalue weighted by atomic mass is 19.1. The summed E-state index contributed by atoms with van der Waals surface area (Å²) in [5.41, 5.74) is 0.200. The van der Waals surface area contributed by atoms with Gasteiger partial charge in [-0.2, -0.15) is 0 Å². The second-order valence-electron chi connectivity index (χ2n) is 4.62. The summed E-state index contributed by atoms with van der Waals surface area (Å²) in [4.78, 5) is 0. The van der Waals surface area contributed by atoms with Crippen LogP contribution in [0.4, 0.5) is 4.39 Å². The molecule has 1 heterocycles. The summed E-state index contributed by atoms with van der Waals surface area (Å²) in [7, 11) is 1.62. The Morgan fingerprint density at radius 1 is 1.44 bits per heavy atom. The molecular weight excluding hydrogens is 235 g/mol. The van der Waals surface area contributed by atoms with E-state index in [1.54, 1.807) is 25.3 Å². The van der Waals surface area contributed by atoms with Gasteiger partial charge < -0.3 is 14.3 Å². The second kappa shape index (κ2) is 5.50. The zero-order chi connectivity index (χ0) is 13.1. The van der Waals surface area contributed by atoms with Crippen LogP contribution in [0.5, 0.6) is 0 Å². The first-order valence-electron chi connectivity index (χ1n) is 5.96. The molecule has 2 rings (SSSR count). The molecule has 2 unspecified atom stereocenters. The molecule has 1 aromatic heterocycles. The summed E-state index contributed by atoms with van der Waals surface area (Å²) in [6.45, 7) is 2.56. The standard InChI is InChI=1S/C14H17FO3/c1-9(8-17-2)6-12(16)13-7-10-4-3-5-11(15)14(10)18-13/h3-5,7,9,12,16H,6,8H2,1-2H3. The zero-order valence-corrected chi connectivity index (χ0v) is 10.5. The molecule has 98 valence electrons. The predicted octanol–water partition coefficient (Wildman–Crippen LogP) is 3.28.